The highest BCUT2D eigenvalue weighted by molar-refractivity contribution is 5.19. The van der Waals surface area contributed by atoms with E-state index in [0.29, 0.717) is 11.8 Å². The molecular formula is C12H19NO2. The first-order valence-corrected chi connectivity index (χ1v) is 5.60. The minimum absolute atomic E-state index is 0.238. The third-order valence-corrected chi connectivity index (χ3v) is 3.14. The molecule has 3 nitrogen and oxygen atoms in total. The molecule has 0 heterocycles. The first kappa shape index (κ1) is 12.0. The van der Waals surface area contributed by atoms with E-state index in [1.807, 2.05) is 6.08 Å². The average Bonchev–Trinajstić information content (AvgIpc) is 2.17. The van der Waals surface area contributed by atoms with Crippen LogP contribution in [0.25, 0.3) is 0 Å². The molecule has 0 fully saturated rings. The number of allylic oxidation sites excluding steroid dienone is 3. The van der Waals surface area contributed by atoms with Crippen molar-refractivity contribution in [2.24, 2.45) is 17.8 Å². The van der Waals surface area contributed by atoms with Crippen molar-refractivity contribution >= 4 is 0 Å². The van der Waals surface area contributed by atoms with Crippen LogP contribution < -0.4 is 0 Å². The largest absolute Gasteiger partial charge is 0.265 e. The van der Waals surface area contributed by atoms with Gasteiger partial charge in [-0.25, -0.2) is 0 Å². The van der Waals surface area contributed by atoms with Crippen LogP contribution in [0.4, 0.5) is 0 Å². The third-order valence-electron chi connectivity index (χ3n) is 3.14. The van der Waals surface area contributed by atoms with Crippen molar-refractivity contribution in [1.29, 1.82) is 0 Å². The van der Waals surface area contributed by atoms with Crippen LogP contribution in [0.2, 0.25) is 0 Å². The summed E-state index contributed by atoms with van der Waals surface area (Å²) in [5, 5.41) is 10.6. The van der Waals surface area contributed by atoms with Crippen LogP contribution in [0.1, 0.15) is 33.6 Å². The molecule has 0 bridgehead atoms. The van der Waals surface area contributed by atoms with Crippen LogP contribution in [-0.2, 0) is 0 Å². The van der Waals surface area contributed by atoms with Crippen molar-refractivity contribution in [3.63, 3.8) is 0 Å². The third kappa shape index (κ3) is 2.91. The minimum Gasteiger partial charge on any atom is -0.258 e. The Balaban J connectivity index is 2.69. The van der Waals surface area contributed by atoms with Crippen LogP contribution in [0.5, 0.6) is 0 Å². The summed E-state index contributed by atoms with van der Waals surface area (Å²) in [4.78, 5) is 10.3. The molecule has 0 aliphatic heterocycles. The Bertz CT molecular complexity index is 294. The second-order valence-electron chi connectivity index (χ2n) is 4.41. The van der Waals surface area contributed by atoms with Crippen LogP contribution in [0, 0.1) is 27.9 Å². The molecule has 0 N–H and O–H groups in total. The maximum Gasteiger partial charge on any atom is 0.265 e. The van der Waals surface area contributed by atoms with Gasteiger partial charge in [0.15, 0.2) is 0 Å². The van der Waals surface area contributed by atoms with Gasteiger partial charge in [-0.1, -0.05) is 39.7 Å². The van der Waals surface area contributed by atoms with E-state index in [2.05, 4.69) is 20.8 Å². The fourth-order valence-electron chi connectivity index (χ4n) is 2.30. The van der Waals surface area contributed by atoms with E-state index in [1.165, 1.54) is 12.8 Å². The Hall–Kier alpha value is -1.12. The molecule has 0 aromatic heterocycles. The second-order valence-corrected chi connectivity index (χ2v) is 4.41. The quantitative estimate of drug-likeness (QED) is 0.526. The van der Waals surface area contributed by atoms with Gasteiger partial charge in [0.05, 0.1) is 4.92 Å². The Labute approximate surface area is 91.0 Å². The van der Waals surface area contributed by atoms with Gasteiger partial charge in [0, 0.05) is 6.08 Å². The lowest BCUT2D eigenvalue weighted by Gasteiger charge is -2.26. The Morgan fingerprint density at radius 1 is 1.60 bits per heavy atom. The zero-order chi connectivity index (χ0) is 11.4. The molecule has 0 spiro atoms. The second kappa shape index (κ2) is 5.10. The average molecular weight is 209 g/mol. The van der Waals surface area contributed by atoms with E-state index < -0.39 is 0 Å². The molecule has 0 amide bonds. The highest BCUT2D eigenvalue weighted by Gasteiger charge is 2.25. The normalized spacial score (nSPS) is 27.3. The van der Waals surface area contributed by atoms with Crippen LogP contribution >= 0.6 is 0 Å². The van der Waals surface area contributed by atoms with Crippen molar-refractivity contribution in [2.45, 2.75) is 33.6 Å². The molecule has 1 aliphatic carbocycles. The molecule has 3 heteroatoms. The maximum atomic E-state index is 10.6. The van der Waals surface area contributed by atoms with Gasteiger partial charge in [0.2, 0.25) is 0 Å². The summed E-state index contributed by atoms with van der Waals surface area (Å²) in [6.07, 6.45) is 7.78. The topological polar surface area (TPSA) is 43.1 Å². The van der Waals surface area contributed by atoms with Gasteiger partial charge in [-0.3, -0.25) is 10.1 Å². The van der Waals surface area contributed by atoms with Gasteiger partial charge in [0.1, 0.15) is 0 Å². The zero-order valence-electron chi connectivity index (χ0n) is 9.64. The summed E-state index contributed by atoms with van der Waals surface area (Å²) < 4.78 is 0. The summed E-state index contributed by atoms with van der Waals surface area (Å²) in [6.45, 7) is 6.45. The number of nitrogens with zero attached hydrogens (tertiary/aromatic N) is 1. The first-order chi connectivity index (χ1) is 7.06. The van der Waals surface area contributed by atoms with Gasteiger partial charge in [-0.15, -0.1) is 0 Å². The van der Waals surface area contributed by atoms with Crippen LogP contribution in [0.15, 0.2) is 23.9 Å². The Kier molecular flexibility index (Phi) is 4.06. The number of nitro groups is 1. The highest BCUT2D eigenvalue weighted by Crippen LogP contribution is 2.31. The molecule has 1 rings (SSSR count). The van der Waals surface area contributed by atoms with Crippen LogP contribution in [0.3, 0.4) is 0 Å². The monoisotopic (exact) mass is 209 g/mol. The number of hydrogen-bond acceptors (Lipinski definition) is 2. The molecule has 0 radical (unpaired) electrons. The molecule has 0 unspecified atom stereocenters. The van der Waals surface area contributed by atoms with E-state index in [0.717, 1.165) is 0 Å². The van der Waals surface area contributed by atoms with Crippen molar-refractivity contribution < 1.29 is 4.92 Å². The smallest absolute Gasteiger partial charge is 0.258 e. The predicted octanol–water partition coefficient (Wildman–Crippen LogP) is 3.41. The van der Waals surface area contributed by atoms with Gasteiger partial charge < -0.3 is 0 Å². The van der Waals surface area contributed by atoms with Gasteiger partial charge in [-0.2, -0.15) is 0 Å². The van der Waals surface area contributed by atoms with Gasteiger partial charge >= 0.3 is 0 Å². The summed E-state index contributed by atoms with van der Waals surface area (Å²) >= 11 is 0. The standard InChI is InChI=1S/C12H19NO2/c1-4-5-9(2)12-7-6-11(13(14)15)8-10(12)3/h6-10,12H,4-5H2,1-3H3/t9-,10-,12-/m0/s1. The lowest BCUT2D eigenvalue weighted by Crippen LogP contribution is -2.20. The van der Waals surface area contributed by atoms with E-state index in [-0.39, 0.29) is 16.5 Å². The van der Waals surface area contributed by atoms with E-state index in [4.69, 9.17) is 0 Å². The molecule has 84 valence electrons. The lowest BCUT2D eigenvalue weighted by atomic mass is 9.78. The van der Waals surface area contributed by atoms with Crippen molar-refractivity contribution in [1.82, 2.24) is 0 Å². The van der Waals surface area contributed by atoms with Crippen molar-refractivity contribution in [3.8, 4) is 0 Å². The van der Waals surface area contributed by atoms with E-state index in [9.17, 15) is 10.1 Å². The molecule has 15 heavy (non-hydrogen) atoms. The van der Waals surface area contributed by atoms with E-state index in [1.54, 1.807) is 12.2 Å². The fraction of sp³-hybridized carbons (Fsp3) is 0.667. The first-order valence-electron chi connectivity index (χ1n) is 5.60. The summed E-state index contributed by atoms with van der Waals surface area (Å²) in [6, 6.07) is 0. The van der Waals surface area contributed by atoms with Gasteiger partial charge in [0.25, 0.3) is 5.70 Å². The predicted molar refractivity (Wildman–Crippen MR) is 60.9 cm³/mol. The fourth-order valence-corrected chi connectivity index (χ4v) is 2.30. The molecule has 0 aromatic rings. The Morgan fingerprint density at radius 3 is 2.73 bits per heavy atom. The maximum absolute atomic E-state index is 10.6. The molecule has 0 saturated heterocycles. The number of hydrogen-bond donors (Lipinski definition) is 0. The molecule has 0 saturated carbocycles. The van der Waals surface area contributed by atoms with Crippen molar-refractivity contribution in [3.05, 3.63) is 34.0 Å². The van der Waals surface area contributed by atoms with Crippen LogP contribution in [-0.4, -0.2) is 4.92 Å². The zero-order valence-corrected chi connectivity index (χ0v) is 9.64. The molecule has 0 aromatic carbocycles. The van der Waals surface area contributed by atoms with E-state index >= 15 is 0 Å². The SMILES string of the molecule is CCC[C@H](C)[C@@H]1C=CC([N+](=O)[O-])=C[C@@H]1C. The van der Waals surface area contributed by atoms with Crippen molar-refractivity contribution in [2.75, 3.05) is 0 Å². The highest BCUT2D eigenvalue weighted by atomic mass is 16.6. The molecule has 1 aliphatic rings. The van der Waals surface area contributed by atoms with Gasteiger partial charge in [-0.05, 0) is 23.8 Å². The summed E-state index contributed by atoms with van der Waals surface area (Å²) in [5.41, 5.74) is 0.238. The lowest BCUT2D eigenvalue weighted by molar-refractivity contribution is -0.419. The summed E-state index contributed by atoms with van der Waals surface area (Å²) in [7, 11) is 0. The minimum atomic E-state index is -0.312. The number of rotatable bonds is 4. The molecule has 3 atom stereocenters. The molecular weight excluding hydrogens is 190 g/mol. The Morgan fingerprint density at radius 2 is 2.27 bits per heavy atom. The summed E-state index contributed by atoms with van der Waals surface area (Å²) in [5.74, 6) is 1.33.